The molecule has 1 aromatic rings. The zero-order chi connectivity index (χ0) is 22.5. The maximum Gasteiger partial charge on any atom is 0.409 e. The van der Waals surface area contributed by atoms with E-state index in [-0.39, 0.29) is 17.9 Å². The quantitative estimate of drug-likeness (QED) is 0.654. The van der Waals surface area contributed by atoms with E-state index in [4.69, 9.17) is 14.2 Å². The zero-order valence-electron chi connectivity index (χ0n) is 18.2. The van der Waals surface area contributed by atoms with Gasteiger partial charge in [-0.2, -0.15) is 0 Å². The van der Waals surface area contributed by atoms with Gasteiger partial charge in [0.2, 0.25) is 11.8 Å². The normalized spacial score (nSPS) is 30.6. The monoisotopic (exact) mass is 441 g/mol. The SMILES string of the molecule is CCOC(=O)N1CCN(C(=O)[C@H]2[C@H]3C(=O)N(c4ccc(OC)cc4)C[C@@]34C=C[C@H]2O4)CC1. The fraction of sp³-hybridized carbons (Fsp3) is 0.522. The van der Waals surface area contributed by atoms with Gasteiger partial charge in [-0.15, -0.1) is 0 Å². The van der Waals surface area contributed by atoms with Crippen LogP contribution >= 0.6 is 0 Å². The van der Waals surface area contributed by atoms with Crippen molar-refractivity contribution >= 4 is 23.6 Å². The van der Waals surface area contributed by atoms with Gasteiger partial charge < -0.3 is 28.9 Å². The standard InChI is InChI=1S/C23H27N3O6/c1-3-31-22(29)25-12-10-24(11-13-25)20(27)18-17-8-9-23(32-17)14-26(21(28)19(18)23)15-4-6-16(30-2)7-5-15/h4-9,17-19H,3,10-14H2,1-2H3/t17-,18-,19+,23+/m1/s1. The van der Waals surface area contributed by atoms with Crippen LogP contribution in [0.5, 0.6) is 5.75 Å². The Hall–Kier alpha value is -3.07. The van der Waals surface area contributed by atoms with E-state index in [0.717, 1.165) is 5.69 Å². The van der Waals surface area contributed by atoms with Gasteiger partial charge in [0.1, 0.15) is 11.4 Å². The Morgan fingerprint density at radius 3 is 2.47 bits per heavy atom. The highest BCUT2D eigenvalue weighted by molar-refractivity contribution is 6.03. The highest BCUT2D eigenvalue weighted by Crippen LogP contribution is 2.53. The highest BCUT2D eigenvalue weighted by Gasteiger charge is 2.67. The lowest BCUT2D eigenvalue weighted by molar-refractivity contribution is -0.141. The van der Waals surface area contributed by atoms with E-state index in [2.05, 4.69) is 0 Å². The summed E-state index contributed by atoms with van der Waals surface area (Å²) in [6.07, 6.45) is 3.12. The number of rotatable bonds is 4. The summed E-state index contributed by atoms with van der Waals surface area (Å²) in [6, 6.07) is 7.31. The maximum absolute atomic E-state index is 13.5. The Kier molecular flexibility index (Phi) is 5.08. The van der Waals surface area contributed by atoms with Crippen LogP contribution in [0.15, 0.2) is 36.4 Å². The average Bonchev–Trinajstić information content (AvgIpc) is 3.47. The lowest BCUT2D eigenvalue weighted by Gasteiger charge is -2.36. The van der Waals surface area contributed by atoms with E-state index in [0.29, 0.717) is 45.1 Å². The van der Waals surface area contributed by atoms with Crippen molar-refractivity contribution in [1.29, 1.82) is 0 Å². The first-order valence-electron chi connectivity index (χ1n) is 11.0. The summed E-state index contributed by atoms with van der Waals surface area (Å²) in [5.74, 6) is -0.559. The molecule has 0 radical (unpaired) electrons. The number of fused-ring (bicyclic) bond motifs is 1. The molecular formula is C23H27N3O6. The molecule has 32 heavy (non-hydrogen) atoms. The molecule has 0 aliphatic carbocycles. The molecule has 2 bridgehead atoms. The lowest BCUT2D eigenvalue weighted by Crippen LogP contribution is -2.54. The average molecular weight is 441 g/mol. The van der Waals surface area contributed by atoms with Crippen molar-refractivity contribution in [2.24, 2.45) is 11.8 Å². The van der Waals surface area contributed by atoms with Gasteiger partial charge in [-0.05, 0) is 31.2 Å². The van der Waals surface area contributed by atoms with E-state index in [1.807, 2.05) is 36.4 Å². The molecule has 3 fully saturated rings. The third kappa shape index (κ3) is 3.14. The fourth-order valence-corrected chi connectivity index (χ4v) is 5.30. The predicted octanol–water partition coefficient (Wildman–Crippen LogP) is 1.28. The molecule has 4 aliphatic heterocycles. The minimum absolute atomic E-state index is 0.0836. The van der Waals surface area contributed by atoms with Crippen molar-refractivity contribution in [2.75, 3.05) is 51.3 Å². The minimum Gasteiger partial charge on any atom is -0.497 e. The summed E-state index contributed by atoms with van der Waals surface area (Å²) in [4.78, 5) is 44.0. The van der Waals surface area contributed by atoms with E-state index >= 15 is 0 Å². The molecule has 4 atom stereocenters. The third-order valence-electron chi connectivity index (χ3n) is 6.89. The molecule has 1 spiro atoms. The largest absolute Gasteiger partial charge is 0.497 e. The molecule has 3 saturated heterocycles. The first kappa shape index (κ1) is 20.8. The summed E-state index contributed by atoms with van der Waals surface area (Å²) in [5.41, 5.74) is -0.0105. The number of hydrogen-bond donors (Lipinski definition) is 0. The molecule has 0 saturated carbocycles. The molecule has 4 heterocycles. The van der Waals surface area contributed by atoms with Crippen molar-refractivity contribution in [3.8, 4) is 5.75 Å². The molecule has 0 N–H and O–H groups in total. The molecule has 0 aromatic heterocycles. The topological polar surface area (TPSA) is 88.6 Å². The van der Waals surface area contributed by atoms with Crippen molar-refractivity contribution in [2.45, 2.75) is 18.6 Å². The Balaban J connectivity index is 1.32. The fourth-order valence-electron chi connectivity index (χ4n) is 5.30. The second-order valence-corrected chi connectivity index (χ2v) is 8.53. The van der Waals surface area contributed by atoms with Gasteiger partial charge in [-0.25, -0.2) is 4.79 Å². The number of ether oxygens (including phenoxy) is 3. The van der Waals surface area contributed by atoms with E-state index in [1.54, 1.807) is 28.7 Å². The Bertz CT molecular complexity index is 955. The van der Waals surface area contributed by atoms with E-state index in [1.165, 1.54) is 0 Å². The number of amides is 3. The van der Waals surface area contributed by atoms with Crippen molar-refractivity contribution in [3.63, 3.8) is 0 Å². The van der Waals surface area contributed by atoms with Gasteiger partial charge in [0, 0.05) is 31.9 Å². The molecule has 5 rings (SSSR count). The van der Waals surface area contributed by atoms with Crippen LogP contribution in [0.3, 0.4) is 0 Å². The molecule has 0 unspecified atom stereocenters. The highest BCUT2D eigenvalue weighted by atomic mass is 16.6. The van der Waals surface area contributed by atoms with Gasteiger partial charge >= 0.3 is 6.09 Å². The molecule has 3 amide bonds. The second-order valence-electron chi connectivity index (χ2n) is 8.53. The Morgan fingerprint density at radius 2 is 1.81 bits per heavy atom. The number of carbonyl (C=O) groups excluding carboxylic acids is 3. The Labute approximate surface area is 186 Å². The van der Waals surface area contributed by atoms with Gasteiger partial charge in [0.25, 0.3) is 0 Å². The summed E-state index contributed by atoms with van der Waals surface area (Å²) in [7, 11) is 1.60. The lowest BCUT2D eigenvalue weighted by atomic mass is 9.76. The van der Waals surface area contributed by atoms with Gasteiger partial charge in [0.15, 0.2) is 0 Å². The molecule has 4 aliphatic rings. The number of hydrogen-bond acceptors (Lipinski definition) is 6. The van der Waals surface area contributed by atoms with Gasteiger partial charge in [-0.1, -0.05) is 12.2 Å². The van der Waals surface area contributed by atoms with Crippen molar-refractivity contribution in [3.05, 3.63) is 36.4 Å². The van der Waals surface area contributed by atoms with Crippen LogP contribution in [0.1, 0.15) is 6.92 Å². The second kappa shape index (κ2) is 7.81. The number of benzene rings is 1. The first-order valence-corrected chi connectivity index (χ1v) is 11.0. The molecule has 9 nitrogen and oxygen atoms in total. The summed E-state index contributed by atoms with van der Waals surface area (Å²) in [6.45, 7) is 4.14. The first-order chi connectivity index (χ1) is 15.5. The number of carbonyl (C=O) groups is 3. The van der Waals surface area contributed by atoms with Crippen LogP contribution in [0.25, 0.3) is 0 Å². The maximum atomic E-state index is 13.5. The summed E-state index contributed by atoms with van der Waals surface area (Å²) >= 11 is 0. The van der Waals surface area contributed by atoms with Crippen molar-refractivity contribution < 1.29 is 28.6 Å². The summed E-state index contributed by atoms with van der Waals surface area (Å²) < 4.78 is 16.5. The molecular weight excluding hydrogens is 414 g/mol. The molecule has 9 heteroatoms. The van der Waals surface area contributed by atoms with Crippen molar-refractivity contribution in [1.82, 2.24) is 9.80 Å². The van der Waals surface area contributed by atoms with Crippen LogP contribution in [-0.2, 0) is 19.1 Å². The van der Waals surface area contributed by atoms with Crippen LogP contribution in [0.2, 0.25) is 0 Å². The minimum atomic E-state index is -0.769. The predicted molar refractivity (Wildman–Crippen MR) is 114 cm³/mol. The van der Waals surface area contributed by atoms with Crippen LogP contribution < -0.4 is 9.64 Å². The van der Waals surface area contributed by atoms with Crippen LogP contribution in [0, 0.1) is 11.8 Å². The van der Waals surface area contributed by atoms with Crippen LogP contribution in [0.4, 0.5) is 10.5 Å². The third-order valence-corrected chi connectivity index (χ3v) is 6.89. The number of piperazine rings is 1. The summed E-state index contributed by atoms with van der Waals surface area (Å²) in [5, 5.41) is 0. The zero-order valence-corrected chi connectivity index (χ0v) is 18.2. The molecule has 1 aromatic carbocycles. The van der Waals surface area contributed by atoms with Gasteiger partial charge in [0.05, 0.1) is 38.2 Å². The van der Waals surface area contributed by atoms with E-state index in [9.17, 15) is 14.4 Å². The van der Waals surface area contributed by atoms with Crippen LogP contribution in [-0.4, -0.2) is 85.9 Å². The van der Waals surface area contributed by atoms with E-state index < -0.39 is 23.5 Å². The number of methoxy groups -OCH3 is 1. The van der Waals surface area contributed by atoms with Gasteiger partial charge in [-0.3, -0.25) is 9.59 Å². The Morgan fingerprint density at radius 1 is 1.12 bits per heavy atom. The smallest absolute Gasteiger partial charge is 0.409 e. The molecule has 170 valence electrons. The number of nitrogens with zero attached hydrogens (tertiary/aromatic N) is 3. The number of anilines is 1.